The summed E-state index contributed by atoms with van der Waals surface area (Å²) in [4.78, 5) is 29.8. The van der Waals surface area contributed by atoms with Crippen molar-refractivity contribution in [2.75, 3.05) is 26.2 Å². The lowest BCUT2D eigenvalue weighted by atomic mass is 9.81. The van der Waals surface area contributed by atoms with Gasteiger partial charge in [-0.3, -0.25) is 14.5 Å². The normalized spacial score (nSPS) is 31.3. The van der Waals surface area contributed by atoms with E-state index in [9.17, 15) is 9.59 Å². The summed E-state index contributed by atoms with van der Waals surface area (Å²) in [7, 11) is 0. The molecule has 1 aromatic heterocycles. The van der Waals surface area contributed by atoms with Crippen molar-refractivity contribution >= 4 is 33.4 Å². The van der Waals surface area contributed by atoms with Gasteiger partial charge in [-0.05, 0) is 94.0 Å². The molecule has 6 heteroatoms. The van der Waals surface area contributed by atoms with Crippen molar-refractivity contribution in [2.24, 2.45) is 23.7 Å². The minimum Gasteiger partial charge on any atom is -0.303 e. The molecule has 5 nitrogen and oxygen atoms in total. The van der Waals surface area contributed by atoms with Gasteiger partial charge in [0.05, 0.1) is 22.2 Å². The highest BCUT2D eigenvalue weighted by Gasteiger charge is 2.60. The topological polar surface area (TPSA) is 53.5 Å². The number of unbranched alkanes of at least 4 members (excludes halogenated alkanes) is 1. The minimum absolute atomic E-state index is 0.0343. The van der Waals surface area contributed by atoms with E-state index in [0.29, 0.717) is 24.3 Å². The number of nitrogens with zero attached hydrogens (tertiary/aromatic N) is 3. The van der Waals surface area contributed by atoms with Gasteiger partial charge in [0.1, 0.15) is 0 Å². The molecule has 2 aliphatic heterocycles. The van der Waals surface area contributed by atoms with Crippen LogP contribution >= 0.6 is 11.5 Å². The van der Waals surface area contributed by atoms with E-state index in [-0.39, 0.29) is 23.7 Å². The largest absolute Gasteiger partial charge is 0.303 e. The molecule has 2 aromatic rings. The number of hydrogen-bond donors (Lipinski definition) is 0. The average Bonchev–Trinajstić information content (AvgIpc) is 3.56. The number of likely N-dealkylation sites (tertiary alicyclic amines) is 2. The second-order valence-corrected chi connectivity index (χ2v) is 10.9. The number of amides is 2. The third-order valence-corrected chi connectivity index (χ3v) is 9.35. The van der Waals surface area contributed by atoms with Gasteiger partial charge < -0.3 is 4.90 Å². The Balaban J connectivity index is 0.967. The second-order valence-electron chi connectivity index (χ2n) is 10.1. The number of imide groups is 1. The van der Waals surface area contributed by atoms with Crippen LogP contribution in [0, 0.1) is 23.7 Å². The minimum atomic E-state index is 0.0343. The monoisotopic (exact) mass is 437 g/mol. The Morgan fingerprint density at radius 1 is 0.903 bits per heavy atom. The highest BCUT2D eigenvalue weighted by Crippen LogP contribution is 2.56. The van der Waals surface area contributed by atoms with Crippen LogP contribution in [0.15, 0.2) is 24.3 Å². The van der Waals surface area contributed by atoms with Gasteiger partial charge in [0.15, 0.2) is 0 Å². The standard InChI is InChI=1S/C25H31N3O2S/c29-24-21-17-7-8-18(15-17)22(21)25(30)28(24)12-4-3-11-27-13-9-16(10-14-27)23-19-5-1-2-6-20(19)31-26-23/h1-2,5-6,16-18,21-22H,3-4,7-15H2/t17-,18+,21+,22-. The Labute approximate surface area is 188 Å². The Morgan fingerprint density at radius 2 is 1.58 bits per heavy atom. The van der Waals surface area contributed by atoms with Gasteiger partial charge in [-0.15, -0.1) is 0 Å². The first-order valence-corrected chi connectivity index (χ1v) is 12.9. The summed E-state index contributed by atoms with van der Waals surface area (Å²) in [6.45, 7) is 3.93. The summed E-state index contributed by atoms with van der Waals surface area (Å²) in [5.41, 5.74) is 1.30. The summed E-state index contributed by atoms with van der Waals surface area (Å²) in [6.07, 6.45) is 7.77. The van der Waals surface area contributed by atoms with Crippen molar-refractivity contribution in [3.63, 3.8) is 0 Å². The second kappa shape index (κ2) is 7.96. The van der Waals surface area contributed by atoms with Crippen LogP contribution in [-0.2, 0) is 9.59 Å². The molecule has 4 atom stereocenters. The molecule has 2 aliphatic carbocycles. The zero-order valence-corrected chi connectivity index (χ0v) is 18.9. The molecule has 1 aromatic carbocycles. The molecule has 164 valence electrons. The van der Waals surface area contributed by atoms with Crippen LogP contribution in [0.3, 0.4) is 0 Å². The van der Waals surface area contributed by atoms with Crippen LogP contribution in [0.2, 0.25) is 0 Å². The Hall–Kier alpha value is -1.79. The van der Waals surface area contributed by atoms with E-state index < -0.39 is 0 Å². The fourth-order valence-electron chi connectivity index (χ4n) is 6.93. The van der Waals surface area contributed by atoms with Gasteiger partial charge in [-0.1, -0.05) is 18.2 Å². The lowest BCUT2D eigenvalue weighted by Crippen LogP contribution is -2.36. The first-order valence-electron chi connectivity index (χ1n) is 12.1. The summed E-state index contributed by atoms with van der Waals surface area (Å²) < 4.78 is 6.07. The van der Waals surface area contributed by atoms with E-state index in [1.54, 1.807) is 16.4 Å². The van der Waals surface area contributed by atoms with Gasteiger partial charge >= 0.3 is 0 Å². The lowest BCUT2D eigenvalue weighted by Gasteiger charge is -2.31. The number of aromatic nitrogens is 1. The van der Waals surface area contributed by atoms with Crippen molar-refractivity contribution in [3.05, 3.63) is 30.0 Å². The zero-order valence-electron chi connectivity index (χ0n) is 18.0. The first-order chi connectivity index (χ1) is 15.2. The predicted molar refractivity (Wildman–Crippen MR) is 122 cm³/mol. The molecule has 3 heterocycles. The fraction of sp³-hybridized carbons (Fsp3) is 0.640. The van der Waals surface area contributed by atoms with E-state index in [1.807, 2.05) is 0 Å². The molecule has 2 amide bonds. The summed E-state index contributed by atoms with van der Waals surface area (Å²) >= 11 is 1.62. The molecule has 31 heavy (non-hydrogen) atoms. The Morgan fingerprint density at radius 3 is 2.32 bits per heavy atom. The molecule has 0 radical (unpaired) electrons. The smallest absolute Gasteiger partial charge is 0.233 e. The lowest BCUT2D eigenvalue weighted by molar-refractivity contribution is -0.140. The molecule has 4 aliphatic rings. The maximum atomic E-state index is 12.8. The van der Waals surface area contributed by atoms with Gasteiger partial charge in [-0.2, -0.15) is 4.37 Å². The summed E-state index contributed by atoms with van der Waals surface area (Å²) in [5.74, 6) is 1.93. The maximum Gasteiger partial charge on any atom is 0.233 e. The number of fused-ring (bicyclic) bond motifs is 6. The SMILES string of the molecule is O=C1[C@@H]2[C@H]3CC[C@H](C3)[C@@H]2C(=O)N1CCCCN1CCC(c2nsc3ccccc23)CC1. The van der Waals surface area contributed by atoms with Crippen LogP contribution in [-0.4, -0.2) is 52.2 Å². The number of piperidine rings is 1. The van der Waals surface area contributed by atoms with E-state index in [4.69, 9.17) is 4.37 Å². The van der Waals surface area contributed by atoms with Crippen molar-refractivity contribution in [2.45, 2.75) is 50.9 Å². The molecule has 2 saturated heterocycles. The van der Waals surface area contributed by atoms with Crippen LogP contribution < -0.4 is 0 Å². The van der Waals surface area contributed by atoms with Crippen molar-refractivity contribution < 1.29 is 9.59 Å². The van der Waals surface area contributed by atoms with E-state index >= 15 is 0 Å². The third-order valence-electron chi connectivity index (χ3n) is 8.50. The quantitative estimate of drug-likeness (QED) is 0.500. The third kappa shape index (κ3) is 3.34. The molecular formula is C25H31N3O2S. The van der Waals surface area contributed by atoms with Crippen molar-refractivity contribution in [1.29, 1.82) is 0 Å². The number of carbonyl (C=O) groups is 2. The van der Waals surface area contributed by atoms with Gasteiger partial charge in [0, 0.05) is 17.8 Å². The van der Waals surface area contributed by atoms with Crippen LogP contribution in [0.4, 0.5) is 0 Å². The molecule has 4 fully saturated rings. The zero-order chi connectivity index (χ0) is 20.9. The van der Waals surface area contributed by atoms with Gasteiger partial charge in [0.25, 0.3) is 0 Å². The van der Waals surface area contributed by atoms with Crippen LogP contribution in [0.5, 0.6) is 0 Å². The summed E-state index contributed by atoms with van der Waals surface area (Å²) in [5, 5.41) is 1.34. The number of rotatable bonds is 6. The molecular weight excluding hydrogens is 406 g/mol. The number of benzene rings is 1. The Bertz CT molecular complexity index is 968. The highest BCUT2D eigenvalue weighted by atomic mass is 32.1. The van der Waals surface area contributed by atoms with E-state index in [2.05, 4.69) is 29.2 Å². The van der Waals surface area contributed by atoms with E-state index in [1.165, 1.54) is 28.6 Å². The molecule has 0 unspecified atom stereocenters. The fourth-order valence-corrected chi connectivity index (χ4v) is 7.78. The maximum absolute atomic E-state index is 12.8. The van der Waals surface area contributed by atoms with Crippen molar-refractivity contribution in [3.8, 4) is 0 Å². The molecule has 2 bridgehead atoms. The number of hydrogen-bond acceptors (Lipinski definition) is 5. The van der Waals surface area contributed by atoms with Crippen LogP contribution in [0.1, 0.15) is 56.6 Å². The molecule has 2 saturated carbocycles. The summed E-state index contributed by atoms with van der Waals surface area (Å²) in [6, 6.07) is 8.58. The number of carbonyl (C=O) groups excluding carboxylic acids is 2. The predicted octanol–water partition coefficient (Wildman–Crippen LogP) is 4.29. The molecule has 0 spiro atoms. The average molecular weight is 438 g/mol. The molecule has 0 N–H and O–H groups in total. The first kappa shape index (κ1) is 19.9. The Kier molecular flexibility index (Phi) is 5.10. The highest BCUT2D eigenvalue weighted by molar-refractivity contribution is 7.13. The van der Waals surface area contributed by atoms with E-state index in [0.717, 1.165) is 51.7 Å². The van der Waals surface area contributed by atoms with Gasteiger partial charge in [-0.25, -0.2) is 0 Å². The molecule has 6 rings (SSSR count). The van der Waals surface area contributed by atoms with Crippen LogP contribution in [0.25, 0.3) is 10.1 Å². The van der Waals surface area contributed by atoms with Crippen molar-refractivity contribution in [1.82, 2.24) is 14.2 Å². The van der Waals surface area contributed by atoms with Gasteiger partial charge in [0.2, 0.25) is 11.8 Å².